The minimum Gasteiger partial charge on any atom is -0.355 e. The first-order valence-corrected chi connectivity index (χ1v) is 8.87. The Kier molecular flexibility index (Phi) is 4.48. The highest BCUT2D eigenvalue weighted by molar-refractivity contribution is 6.07. The Morgan fingerprint density at radius 3 is 2.67 bits per heavy atom. The lowest BCUT2D eigenvalue weighted by molar-refractivity contribution is 0.0952. The maximum atomic E-state index is 13.5. The second kappa shape index (κ2) is 6.95. The van der Waals surface area contributed by atoms with Gasteiger partial charge in [-0.3, -0.25) is 4.79 Å². The van der Waals surface area contributed by atoms with E-state index in [2.05, 4.69) is 10.3 Å². The molecule has 1 N–H and O–H groups in total. The first-order chi connectivity index (χ1) is 13.0. The van der Waals surface area contributed by atoms with Gasteiger partial charge < -0.3 is 10.2 Å². The zero-order valence-electron chi connectivity index (χ0n) is 14.9. The number of pyridine rings is 1. The number of para-hydroxylation sites is 1. The SMILES string of the molecule is CN(Cc1ccc(F)c(F)c1)c1cc(C(=O)NC2CC2)c2ccccc2n1. The number of fused-ring (bicyclic) bond motifs is 1. The van der Waals surface area contributed by atoms with Crippen LogP contribution in [0.4, 0.5) is 14.6 Å². The summed E-state index contributed by atoms with van der Waals surface area (Å²) in [6, 6.07) is 13.3. The van der Waals surface area contributed by atoms with Crippen molar-refractivity contribution >= 4 is 22.6 Å². The molecule has 0 radical (unpaired) electrons. The number of aromatic nitrogens is 1. The van der Waals surface area contributed by atoms with Crippen molar-refractivity contribution in [2.24, 2.45) is 0 Å². The third-order valence-corrected chi connectivity index (χ3v) is 4.65. The van der Waals surface area contributed by atoms with Gasteiger partial charge in [0, 0.05) is 25.0 Å². The number of hydrogen-bond donors (Lipinski definition) is 1. The van der Waals surface area contributed by atoms with Crippen LogP contribution in [0, 0.1) is 11.6 Å². The molecule has 1 fully saturated rings. The van der Waals surface area contributed by atoms with Crippen LogP contribution in [-0.2, 0) is 6.54 Å². The first kappa shape index (κ1) is 17.4. The van der Waals surface area contributed by atoms with Gasteiger partial charge in [-0.15, -0.1) is 0 Å². The predicted molar refractivity (Wildman–Crippen MR) is 101 cm³/mol. The molecule has 27 heavy (non-hydrogen) atoms. The molecule has 0 atom stereocenters. The molecule has 0 spiro atoms. The van der Waals surface area contributed by atoms with Crippen molar-refractivity contribution in [3.05, 3.63) is 71.3 Å². The number of nitrogens with one attached hydrogen (secondary N) is 1. The van der Waals surface area contributed by atoms with E-state index in [9.17, 15) is 13.6 Å². The van der Waals surface area contributed by atoms with E-state index in [0.29, 0.717) is 29.0 Å². The molecule has 1 aromatic heterocycles. The molecule has 0 aliphatic heterocycles. The van der Waals surface area contributed by atoms with Gasteiger partial charge in [0.05, 0.1) is 11.1 Å². The second-order valence-corrected chi connectivity index (χ2v) is 6.90. The molecule has 1 saturated carbocycles. The summed E-state index contributed by atoms with van der Waals surface area (Å²) < 4.78 is 26.6. The Balaban J connectivity index is 1.67. The topological polar surface area (TPSA) is 45.2 Å². The average molecular weight is 367 g/mol. The van der Waals surface area contributed by atoms with Crippen LogP contribution in [0.1, 0.15) is 28.8 Å². The number of anilines is 1. The molecular formula is C21H19F2N3O. The highest BCUT2D eigenvalue weighted by Crippen LogP contribution is 2.25. The predicted octanol–water partition coefficient (Wildman–Crippen LogP) is 4.04. The highest BCUT2D eigenvalue weighted by atomic mass is 19.2. The summed E-state index contributed by atoms with van der Waals surface area (Å²) in [7, 11) is 1.81. The summed E-state index contributed by atoms with van der Waals surface area (Å²) in [5.74, 6) is -1.26. The van der Waals surface area contributed by atoms with Crippen LogP contribution in [0.5, 0.6) is 0 Å². The van der Waals surface area contributed by atoms with Crippen molar-refractivity contribution in [3.8, 4) is 0 Å². The minimum absolute atomic E-state index is 0.112. The molecule has 1 amide bonds. The fraction of sp³-hybridized carbons (Fsp3) is 0.238. The third kappa shape index (κ3) is 3.74. The first-order valence-electron chi connectivity index (χ1n) is 8.87. The van der Waals surface area contributed by atoms with Gasteiger partial charge in [-0.05, 0) is 42.7 Å². The molecule has 6 heteroatoms. The maximum Gasteiger partial charge on any atom is 0.252 e. The Labute approximate surface area is 155 Å². The quantitative estimate of drug-likeness (QED) is 0.740. The number of rotatable bonds is 5. The van der Waals surface area contributed by atoms with Gasteiger partial charge in [-0.1, -0.05) is 24.3 Å². The molecular weight excluding hydrogens is 348 g/mol. The molecule has 0 bridgehead atoms. The number of hydrogen-bond acceptors (Lipinski definition) is 3. The van der Waals surface area contributed by atoms with Gasteiger partial charge in [0.15, 0.2) is 11.6 Å². The molecule has 1 aliphatic carbocycles. The fourth-order valence-corrected chi connectivity index (χ4v) is 3.03. The molecule has 1 aliphatic rings. The summed E-state index contributed by atoms with van der Waals surface area (Å²) in [4.78, 5) is 19.1. The Hall–Kier alpha value is -3.02. The van der Waals surface area contributed by atoms with E-state index in [1.54, 1.807) is 13.1 Å². The smallest absolute Gasteiger partial charge is 0.252 e. The number of benzene rings is 2. The summed E-state index contributed by atoms with van der Waals surface area (Å²) in [6.45, 7) is 0.340. The molecule has 138 valence electrons. The van der Waals surface area contributed by atoms with Crippen LogP contribution >= 0.6 is 0 Å². The van der Waals surface area contributed by atoms with Crippen LogP contribution in [0.2, 0.25) is 0 Å². The van der Waals surface area contributed by atoms with Gasteiger partial charge in [0.25, 0.3) is 5.91 Å². The molecule has 3 aromatic rings. The number of carbonyl (C=O) groups excluding carboxylic acids is 1. The van der Waals surface area contributed by atoms with Crippen molar-refractivity contribution in [1.82, 2.24) is 10.3 Å². The van der Waals surface area contributed by atoms with Gasteiger partial charge in [0.2, 0.25) is 0 Å². The monoisotopic (exact) mass is 367 g/mol. The summed E-state index contributed by atoms with van der Waals surface area (Å²) in [5, 5.41) is 3.81. The van der Waals surface area contributed by atoms with E-state index in [1.807, 2.05) is 29.2 Å². The molecule has 0 unspecified atom stereocenters. The lowest BCUT2D eigenvalue weighted by Crippen LogP contribution is -2.26. The van der Waals surface area contributed by atoms with E-state index < -0.39 is 11.6 Å². The lowest BCUT2D eigenvalue weighted by Gasteiger charge is -2.20. The van der Waals surface area contributed by atoms with Crippen molar-refractivity contribution in [2.75, 3.05) is 11.9 Å². The second-order valence-electron chi connectivity index (χ2n) is 6.90. The van der Waals surface area contributed by atoms with Crippen LogP contribution in [0.15, 0.2) is 48.5 Å². The van der Waals surface area contributed by atoms with E-state index in [4.69, 9.17) is 0 Å². The maximum absolute atomic E-state index is 13.5. The Morgan fingerprint density at radius 2 is 1.93 bits per heavy atom. The minimum atomic E-state index is -0.878. The third-order valence-electron chi connectivity index (χ3n) is 4.65. The summed E-state index contributed by atoms with van der Waals surface area (Å²) >= 11 is 0. The molecule has 4 rings (SSSR count). The number of amides is 1. The van der Waals surface area contributed by atoms with Gasteiger partial charge in [-0.25, -0.2) is 13.8 Å². The van der Waals surface area contributed by atoms with E-state index in [1.165, 1.54) is 12.1 Å². The molecule has 4 nitrogen and oxygen atoms in total. The average Bonchev–Trinajstić information content (AvgIpc) is 3.47. The number of nitrogens with zero attached hydrogens (tertiary/aromatic N) is 2. The molecule has 2 aromatic carbocycles. The van der Waals surface area contributed by atoms with Crippen molar-refractivity contribution in [1.29, 1.82) is 0 Å². The summed E-state index contributed by atoms with van der Waals surface area (Å²) in [5.41, 5.74) is 1.91. The van der Waals surface area contributed by atoms with Crippen LogP contribution in [0.25, 0.3) is 10.9 Å². The largest absolute Gasteiger partial charge is 0.355 e. The highest BCUT2D eigenvalue weighted by Gasteiger charge is 2.25. The summed E-state index contributed by atoms with van der Waals surface area (Å²) in [6.07, 6.45) is 2.02. The van der Waals surface area contributed by atoms with Crippen LogP contribution in [0.3, 0.4) is 0 Å². The van der Waals surface area contributed by atoms with E-state index in [0.717, 1.165) is 24.3 Å². The normalized spacial score (nSPS) is 13.6. The van der Waals surface area contributed by atoms with Crippen molar-refractivity contribution in [2.45, 2.75) is 25.4 Å². The van der Waals surface area contributed by atoms with Crippen LogP contribution in [-0.4, -0.2) is 24.0 Å². The van der Waals surface area contributed by atoms with Crippen LogP contribution < -0.4 is 10.2 Å². The molecule has 0 saturated heterocycles. The number of carbonyl (C=O) groups is 1. The van der Waals surface area contributed by atoms with E-state index in [-0.39, 0.29) is 11.9 Å². The van der Waals surface area contributed by atoms with Crippen molar-refractivity contribution in [3.63, 3.8) is 0 Å². The van der Waals surface area contributed by atoms with Gasteiger partial charge >= 0.3 is 0 Å². The zero-order valence-corrected chi connectivity index (χ0v) is 14.9. The van der Waals surface area contributed by atoms with Crippen molar-refractivity contribution < 1.29 is 13.6 Å². The lowest BCUT2D eigenvalue weighted by atomic mass is 10.1. The van der Waals surface area contributed by atoms with Gasteiger partial charge in [0.1, 0.15) is 5.82 Å². The Morgan fingerprint density at radius 1 is 1.15 bits per heavy atom. The zero-order chi connectivity index (χ0) is 19.0. The fourth-order valence-electron chi connectivity index (χ4n) is 3.03. The molecule has 1 heterocycles. The standard InChI is InChI=1S/C21H19F2N3O/c1-26(12-13-6-9-17(22)18(23)10-13)20-11-16(21(27)24-14-7-8-14)15-4-2-3-5-19(15)25-20/h2-6,9-11,14H,7-8,12H2,1H3,(H,24,27). The van der Waals surface area contributed by atoms with Gasteiger partial charge in [-0.2, -0.15) is 0 Å². The Bertz CT molecular complexity index is 1020. The number of halogens is 2. The van der Waals surface area contributed by atoms with E-state index >= 15 is 0 Å².